The largest absolute Gasteiger partial charge is 0.493 e. The first-order valence-electron chi connectivity index (χ1n) is 7.22. The lowest BCUT2D eigenvalue weighted by Crippen LogP contribution is -2.28. The highest BCUT2D eigenvalue weighted by atomic mass is 19.1. The molecule has 0 bridgehead atoms. The minimum absolute atomic E-state index is 0.234. The Bertz CT molecular complexity index is 677. The quantitative estimate of drug-likeness (QED) is 0.856. The van der Waals surface area contributed by atoms with E-state index < -0.39 is 0 Å². The van der Waals surface area contributed by atoms with Crippen LogP contribution in [0, 0.1) is 5.82 Å². The summed E-state index contributed by atoms with van der Waals surface area (Å²) in [6.07, 6.45) is 0. The van der Waals surface area contributed by atoms with Crippen LogP contribution in [-0.4, -0.2) is 19.7 Å². The van der Waals surface area contributed by atoms with E-state index in [0.717, 1.165) is 0 Å². The molecule has 0 atom stereocenters. The number of rotatable bonds is 6. The number of anilines is 1. The number of urea groups is 1. The Morgan fingerprint density at radius 3 is 2.70 bits per heavy atom. The fourth-order valence-corrected chi connectivity index (χ4v) is 2.03. The summed E-state index contributed by atoms with van der Waals surface area (Å²) in [5.41, 5.74) is 1.26. The number of amides is 2. The Morgan fingerprint density at radius 1 is 1.17 bits per heavy atom. The maximum Gasteiger partial charge on any atom is 0.319 e. The van der Waals surface area contributed by atoms with Crippen LogP contribution < -0.4 is 20.1 Å². The Balaban J connectivity index is 1.95. The molecular formula is C17H19FN2O3. The van der Waals surface area contributed by atoms with E-state index in [-0.39, 0.29) is 18.4 Å². The van der Waals surface area contributed by atoms with Crippen LogP contribution >= 0.6 is 0 Å². The van der Waals surface area contributed by atoms with Crippen molar-refractivity contribution in [1.82, 2.24) is 5.32 Å². The van der Waals surface area contributed by atoms with Crippen molar-refractivity contribution >= 4 is 11.7 Å². The molecule has 6 heteroatoms. The summed E-state index contributed by atoms with van der Waals surface area (Å²) in [7, 11) is 1.55. The number of hydrogen-bond donors (Lipinski definition) is 2. The van der Waals surface area contributed by atoms with Crippen molar-refractivity contribution in [3.8, 4) is 11.5 Å². The number of hydrogen-bond acceptors (Lipinski definition) is 3. The number of ether oxygens (including phenoxy) is 2. The summed E-state index contributed by atoms with van der Waals surface area (Å²) in [6.45, 7) is 2.59. The SMILES string of the molecule is CCOc1cc(NC(=O)NCc2cccc(F)c2)ccc1OC. The van der Waals surface area contributed by atoms with Gasteiger partial charge < -0.3 is 20.1 Å². The van der Waals surface area contributed by atoms with Crippen LogP contribution in [0.2, 0.25) is 0 Å². The summed E-state index contributed by atoms with van der Waals surface area (Å²) in [4.78, 5) is 11.9. The molecule has 0 spiro atoms. The van der Waals surface area contributed by atoms with Crippen molar-refractivity contribution in [3.63, 3.8) is 0 Å². The number of nitrogens with one attached hydrogen (secondary N) is 2. The Hall–Kier alpha value is -2.76. The highest BCUT2D eigenvalue weighted by molar-refractivity contribution is 5.89. The topological polar surface area (TPSA) is 59.6 Å². The molecule has 0 aliphatic carbocycles. The first-order valence-corrected chi connectivity index (χ1v) is 7.22. The Labute approximate surface area is 134 Å². The summed E-state index contributed by atoms with van der Waals surface area (Å²) < 4.78 is 23.7. The van der Waals surface area contributed by atoms with E-state index in [4.69, 9.17) is 9.47 Å². The van der Waals surface area contributed by atoms with Gasteiger partial charge in [-0.05, 0) is 36.8 Å². The molecule has 0 heterocycles. The molecule has 2 rings (SSSR count). The molecule has 0 aromatic heterocycles. The predicted octanol–water partition coefficient (Wildman–Crippen LogP) is 3.55. The van der Waals surface area contributed by atoms with Gasteiger partial charge in [-0.25, -0.2) is 9.18 Å². The molecule has 0 saturated carbocycles. The number of carbonyl (C=O) groups is 1. The van der Waals surface area contributed by atoms with Crippen LogP contribution in [0.15, 0.2) is 42.5 Å². The minimum atomic E-state index is -0.387. The van der Waals surface area contributed by atoms with Gasteiger partial charge in [-0.15, -0.1) is 0 Å². The second kappa shape index (κ2) is 8.03. The van der Waals surface area contributed by atoms with Crippen LogP contribution in [0.25, 0.3) is 0 Å². The molecular weight excluding hydrogens is 299 g/mol. The summed E-state index contributed by atoms with van der Waals surface area (Å²) in [6, 6.07) is 10.8. The molecule has 0 saturated heterocycles. The molecule has 2 aromatic carbocycles. The monoisotopic (exact) mass is 318 g/mol. The Morgan fingerprint density at radius 2 is 2.00 bits per heavy atom. The minimum Gasteiger partial charge on any atom is -0.493 e. The fourth-order valence-electron chi connectivity index (χ4n) is 2.03. The van der Waals surface area contributed by atoms with E-state index >= 15 is 0 Å². The lowest BCUT2D eigenvalue weighted by atomic mass is 10.2. The average Bonchev–Trinajstić information content (AvgIpc) is 2.54. The zero-order valence-electron chi connectivity index (χ0n) is 13.1. The average molecular weight is 318 g/mol. The second-order valence-corrected chi connectivity index (χ2v) is 4.74. The van der Waals surface area contributed by atoms with Crippen molar-refractivity contribution in [2.75, 3.05) is 19.0 Å². The van der Waals surface area contributed by atoms with E-state index in [0.29, 0.717) is 29.4 Å². The lowest BCUT2D eigenvalue weighted by Gasteiger charge is -2.12. The van der Waals surface area contributed by atoms with Gasteiger partial charge in [0, 0.05) is 18.3 Å². The first kappa shape index (κ1) is 16.6. The van der Waals surface area contributed by atoms with Gasteiger partial charge in [-0.3, -0.25) is 0 Å². The van der Waals surface area contributed by atoms with Gasteiger partial charge in [0.1, 0.15) is 5.82 Å². The molecule has 2 aromatic rings. The summed E-state index contributed by atoms with van der Waals surface area (Å²) in [5, 5.41) is 5.36. The van der Waals surface area contributed by atoms with Crippen LogP contribution in [-0.2, 0) is 6.54 Å². The zero-order chi connectivity index (χ0) is 16.7. The van der Waals surface area contributed by atoms with Gasteiger partial charge in [-0.1, -0.05) is 12.1 Å². The molecule has 0 radical (unpaired) electrons. The maximum atomic E-state index is 13.1. The molecule has 0 unspecified atom stereocenters. The number of halogens is 1. The maximum absolute atomic E-state index is 13.1. The van der Waals surface area contributed by atoms with Gasteiger partial charge in [-0.2, -0.15) is 0 Å². The normalized spacial score (nSPS) is 10.0. The molecule has 2 amide bonds. The molecule has 122 valence electrons. The summed E-state index contributed by atoms with van der Waals surface area (Å²) in [5.74, 6) is 0.816. The van der Waals surface area contributed by atoms with Crippen LogP contribution in [0.3, 0.4) is 0 Å². The van der Waals surface area contributed by atoms with Crippen molar-refractivity contribution < 1.29 is 18.7 Å². The third-order valence-corrected chi connectivity index (χ3v) is 3.06. The molecule has 5 nitrogen and oxygen atoms in total. The third kappa shape index (κ3) is 4.88. The van der Waals surface area contributed by atoms with Gasteiger partial charge in [0.25, 0.3) is 0 Å². The number of methoxy groups -OCH3 is 1. The Kier molecular flexibility index (Phi) is 5.80. The molecule has 0 aliphatic rings. The van der Waals surface area contributed by atoms with Gasteiger partial charge in [0.05, 0.1) is 13.7 Å². The molecule has 0 fully saturated rings. The standard InChI is InChI=1S/C17H19FN2O3/c1-3-23-16-10-14(7-8-15(16)22-2)20-17(21)19-11-12-5-4-6-13(18)9-12/h4-10H,3,11H2,1-2H3,(H2,19,20,21). The first-order chi connectivity index (χ1) is 11.1. The smallest absolute Gasteiger partial charge is 0.319 e. The fraction of sp³-hybridized carbons (Fsp3) is 0.235. The second-order valence-electron chi connectivity index (χ2n) is 4.74. The van der Waals surface area contributed by atoms with E-state index in [2.05, 4.69) is 10.6 Å². The highest BCUT2D eigenvalue weighted by Crippen LogP contribution is 2.30. The van der Waals surface area contributed by atoms with E-state index in [1.807, 2.05) is 6.92 Å². The molecule has 2 N–H and O–H groups in total. The van der Waals surface area contributed by atoms with E-state index in [1.54, 1.807) is 37.4 Å². The lowest BCUT2D eigenvalue weighted by molar-refractivity contribution is 0.251. The third-order valence-electron chi connectivity index (χ3n) is 3.06. The molecule has 23 heavy (non-hydrogen) atoms. The van der Waals surface area contributed by atoms with Crippen LogP contribution in [0.5, 0.6) is 11.5 Å². The highest BCUT2D eigenvalue weighted by Gasteiger charge is 2.08. The van der Waals surface area contributed by atoms with Gasteiger partial charge >= 0.3 is 6.03 Å². The van der Waals surface area contributed by atoms with Crippen molar-refractivity contribution in [2.45, 2.75) is 13.5 Å². The van der Waals surface area contributed by atoms with Gasteiger partial charge in [0.2, 0.25) is 0 Å². The van der Waals surface area contributed by atoms with E-state index in [1.165, 1.54) is 12.1 Å². The molecule has 0 aliphatic heterocycles. The van der Waals surface area contributed by atoms with E-state index in [9.17, 15) is 9.18 Å². The number of carbonyl (C=O) groups excluding carboxylic acids is 1. The van der Waals surface area contributed by atoms with Crippen LogP contribution in [0.1, 0.15) is 12.5 Å². The predicted molar refractivity (Wildman–Crippen MR) is 86.4 cm³/mol. The van der Waals surface area contributed by atoms with Crippen molar-refractivity contribution in [1.29, 1.82) is 0 Å². The number of benzene rings is 2. The zero-order valence-corrected chi connectivity index (χ0v) is 13.1. The van der Waals surface area contributed by atoms with Crippen molar-refractivity contribution in [3.05, 3.63) is 53.8 Å². The van der Waals surface area contributed by atoms with Gasteiger partial charge in [0.15, 0.2) is 11.5 Å². The summed E-state index contributed by atoms with van der Waals surface area (Å²) >= 11 is 0. The van der Waals surface area contributed by atoms with Crippen molar-refractivity contribution in [2.24, 2.45) is 0 Å². The van der Waals surface area contributed by atoms with Crippen LogP contribution in [0.4, 0.5) is 14.9 Å².